The lowest BCUT2D eigenvalue weighted by atomic mass is 9.97. The van der Waals surface area contributed by atoms with Gasteiger partial charge in [-0.1, -0.05) is 35.0 Å². The highest BCUT2D eigenvalue weighted by Gasteiger charge is 2.12. The molecule has 0 heterocycles. The SMILES string of the molecule is CC(CC(=O)NCC(=O)Nc1ccc(Br)cc1)c1ccc(F)cc1. The number of nitrogens with one attached hydrogen (secondary N) is 2. The molecule has 2 amide bonds. The molecule has 4 nitrogen and oxygen atoms in total. The summed E-state index contributed by atoms with van der Waals surface area (Å²) < 4.78 is 13.8. The lowest BCUT2D eigenvalue weighted by Crippen LogP contribution is -2.33. The van der Waals surface area contributed by atoms with Gasteiger partial charge in [-0.15, -0.1) is 0 Å². The molecule has 0 saturated carbocycles. The minimum absolute atomic E-state index is 0.0554. The van der Waals surface area contributed by atoms with E-state index in [0.29, 0.717) is 5.69 Å². The summed E-state index contributed by atoms with van der Waals surface area (Å²) in [4.78, 5) is 23.7. The summed E-state index contributed by atoms with van der Waals surface area (Å²) in [7, 11) is 0. The number of hydrogen-bond donors (Lipinski definition) is 2. The Bertz CT molecular complexity index is 702. The molecule has 0 fully saturated rings. The van der Waals surface area contributed by atoms with Crippen LogP contribution in [-0.4, -0.2) is 18.4 Å². The molecule has 1 unspecified atom stereocenters. The standard InChI is InChI=1S/C18H18BrFN2O2/c1-12(13-2-6-15(20)7-3-13)10-17(23)21-11-18(24)22-16-8-4-14(19)5-9-16/h2-9,12H,10-11H2,1H3,(H,21,23)(H,22,24). The van der Waals surface area contributed by atoms with Gasteiger partial charge in [-0.2, -0.15) is 0 Å². The first kappa shape index (κ1) is 18.1. The number of rotatable bonds is 6. The quantitative estimate of drug-likeness (QED) is 0.784. The lowest BCUT2D eigenvalue weighted by molar-refractivity contribution is -0.124. The van der Waals surface area contributed by atoms with Crippen molar-refractivity contribution in [1.82, 2.24) is 5.32 Å². The van der Waals surface area contributed by atoms with Crippen molar-refractivity contribution in [3.63, 3.8) is 0 Å². The third-order valence-electron chi connectivity index (χ3n) is 3.50. The van der Waals surface area contributed by atoms with Crippen LogP contribution in [0.5, 0.6) is 0 Å². The van der Waals surface area contributed by atoms with Gasteiger partial charge in [0, 0.05) is 16.6 Å². The Morgan fingerprint density at radius 2 is 1.67 bits per heavy atom. The van der Waals surface area contributed by atoms with Crippen LogP contribution in [0.2, 0.25) is 0 Å². The highest BCUT2D eigenvalue weighted by Crippen LogP contribution is 2.19. The summed E-state index contributed by atoms with van der Waals surface area (Å²) >= 11 is 3.32. The van der Waals surface area contributed by atoms with E-state index < -0.39 is 0 Å². The predicted molar refractivity (Wildman–Crippen MR) is 95.2 cm³/mol. The molecule has 0 bridgehead atoms. The van der Waals surface area contributed by atoms with Crippen molar-refractivity contribution in [2.75, 3.05) is 11.9 Å². The first-order valence-electron chi connectivity index (χ1n) is 7.51. The second-order valence-corrected chi connectivity index (χ2v) is 6.40. The molecule has 2 aromatic carbocycles. The zero-order valence-corrected chi connectivity index (χ0v) is 14.8. The van der Waals surface area contributed by atoms with E-state index in [-0.39, 0.29) is 36.5 Å². The fraction of sp³-hybridized carbons (Fsp3) is 0.222. The van der Waals surface area contributed by atoms with Crippen molar-refractivity contribution in [2.45, 2.75) is 19.3 Å². The van der Waals surface area contributed by atoms with Gasteiger partial charge in [0.15, 0.2) is 0 Å². The highest BCUT2D eigenvalue weighted by atomic mass is 79.9. The second kappa shape index (κ2) is 8.59. The van der Waals surface area contributed by atoms with Gasteiger partial charge in [0.2, 0.25) is 11.8 Å². The van der Waals surface area contributed by atoms with Gasteiger partial charge in [-0.05, 0) is 47.9 Å². The predicted octanol–water partition coefficient (Wildman–Crippen LogP) is 3.84. The van der Waals surface area contributed by atoms with Crippen molar-refractivity contribution >= 4 is 33.4 Å². The fourth-order valence-electron chi connectivity index (χ4n) is 2.18. The number of carbonyl (C=O) groups excluding carboxylic acids is 2. The van der Waals surface area contributed by atoms with Crippen molar-refractivity contribution in [3.05, 3.63) is 64.4 Å². The van der Waals surface area contributed by atoms with Crippen LogP contribution in [0.3, 0.4) is 0 Å². The van der Waals surface area contributed by atoms with E-state index in [9.17, 15) is 14.0 Å². The van der Waals surface area contributed by atoms with Crippen molar-refractivity contribution in [3.8, 4) is 0 Å². The number of halogens is 2. The van der Waals surface area contributed by atoms with Gasteiger partial charge in [0.1, 0.15) is 5.82 Å². The third kappa shape index (κ3) is 5.77. The molecule has 0 aliphatic rings. The molecule has 0 spiro atoms. The molecule has 0 aromatic heterocycles. The third-order valence-corrected chi connectivity index (χ3v) is 4.03. The van der Waals surface area contributed by atoms with Crippen molar-refractivity contribution in [1.29, 1.82) is 0 Å². The summed E-state index contributed by atoms with van der Waals surface area (Å²) in [6, 6.07) is 13.2. The number of carbonyl (C=O) groups is 2. The number of amides is 2. The minimum atomic E-state index is -0.306. The Morgan fingerprint density at radius 3 is 2.29 bits per heavy atom. The molecule has 1 atom stereocenters. The molecular formula is C18H18BrFN2O2. The Hall–Kier alpha value is -2.21. The second-order valence-electron chi connectivity index (χ2n) is 5.49. The monoisotopic (exact) mass is 392 g/mol. The zero-order valence-electron chi connectivity index (χ0n) is 13.2. The van der Waals surface area contributed by atoms with E-state index >= 15 is 0 Å². The first-order chi connectivity index (χ1) is 11.4. The Morgan fingerprint density at radius 1 is 1.04 bits per heavy atom. The van der Waals surface area contributed by atoms with Crippen LogP contribution in [0.1, 0.15) is 24.8 Å². The van der Waals surface area contributed by atoms with Crippen LogP contribution in [0.15, 0.2) is 53.0 Å². The summed E-state index contributed by atoms with van der Waals surface area (Å²) in [6.45, 7) is 1.79. The summed E-state index contributed by atoms with van der Waals surface area (Å²) in [5.74, 6) is -0.877. The van der Waals surface area contributed by atoms with E-state index in [1.165, 1.54) is 12.1 Å². The van der Waals surface area contributed by atoms with E-state index in [4.69, 9.17) is 0 Å². The number of benzene rings is 2. The molecule has 2 aromatic rings. The summed E-state index contributed by atoms with van der Waals surface area (Å²) in [5.41, 5.74) is 1.54. The van der Waals surface area contributed by atoms with Gasteiger partial charge in [-0.3, -0.25) is 9.59 Å². The Balaban J connectivity index is 1.76. The van der Waals surface area contributed by atoms with Crippen LogP contribution < -0.4 is 10.6 Å². The molecule has 6 heteroatoms. The smallest absolute Gasteiger partial charge is 0.243 e. The molecule has 2 rings (SSSR count). The van der Waals surface area contributed by atoms with Gasteiger partial charge in [0.25, 0.3) is 0 Å². The van der Waals surface area contributed by atoms with Crippen LogP contribution in [0.4, 0.5) is 10.1 Å². The van der Waals surface area contributed by atoms with Crippen LogP contribution in [0, 0.1) is 5.82 Å². The van der Waals surface area contributed by atoms with Gasteiger partial charge >= 0.3 is 0 Å². The maximum absolute atomic E-state index is 12.9. The zero-order chi connectivity index (χ0) is 17.5. The fourth-order valence-corrected chi connectivity index (χ4v) is 2.44. The summed E-state index contributed by atoms with van der Waals surface area (Å²) in [6.07, 6.45) is 0.233. The molecule has 0 aliphatic heterocycles. The van der Waals surface area contributed by atoms with E-state index in [1.807, 2.05) is 19.1 Å². The Labute approximate surface area is 148 Å². The molecular weight excluding hydrogens is 375 g/mol. The minimum Gasteiger partial charge on any atom is -0.347 e. The van der Waals surface area contributed by atoms with Crippen molar-refractivity contribution in [2.24, 2.45) is 0 Å². The van der Waals surface area contributed by atoms with Crippen LogP contribution in [0.25, 0.3) is 0 Å². The lowest BCUT2D eigenvalue weighted by Gasteiger charge is -2.12. The summed E-state index contributed by atoms with van der Waals surface area (Å²) in [5, 5.41) is 5.29. The maximum atomic E-state index is 12.9. The first-order valence-corrected chi connectivity index (χ1v) is 8.31. The molecule has 126 valence electrons. The average molecular weight is 393 g/mol. The van der Waals surface area contributed by atoms with Gasteiger partial charge in [0.05, 0.1) is 6.54 Å². The maximum Gasteiger partial charge on any atom is 0.243 e. The van der Waals surface area contributed by atoms with Crippen LogP contribution >= 0.6 is 15.9 Å². The van der Waals surface area contributed by atoms with E-state index in [2.05, 4.69) is 26.6 Å². The molecule has 2 N–H and O–H groups in total. The average Bonchev–Trinajstić information content (AvgIpc) is 2.55. The van der Waals surface area contributed by atoms with E-state index in [0.717, 1.165) is 10.0 Å². The molecule has 0 radical (unpaired) electrons. The molecule has 0 aliphatic carbocycles. The van der Waals surface area contributed by atoms with Gasteiger partial charge < -0.3 is 10.6 Å². The van der Waals surface area contributed by atoms with Crippen LogP contribution in [-0.2, 0) is 9.59 Å². The van der Waals surface area contributed by atoms with Crippen molar-refractivity contribution < 1.29 is 14.0 Å². The molecule has 0 saturated heterocycles. The normalized spacial score (nSPS) is 11.6. The topological polar surface area (TPSA) is 58.2 Å². The molecule has 24 heavy (non-hydrogen) atoms. The number of hydrogen-bond acceptors (Lipinski definition) is 2. The largest absolute Gasteiger partial charge is 0.347 e. The number of anilines is 1. The van der Waals surface area contributed by atoms with E-state index in [1.54, 1.807) is 24.3 Å². The van der Waals surface area contributed by atoms with Gasteiger partial charge in [-0.25, -0.2) is 4.39 Å². The Kier molecular flexibility index (Phi) is 6.49. The highest BCUT2D eigenvalue weighted by molar-refractivity contribution is 9.10.